The van der Waals surface area contributed by atoms with E-state index in [0.29, 0.717) is 0 Å². The molecule has 2 aromatic rings. The zero-order chi connectivity index (χ0) is 15.1. The average molecular weight is 327 g/mol. The monoisotopic (exact) mass is 326 g/mol. The Kier molecular flexibility index (Phi) is 3.29. The van der Waals surface area contributed by atoms with E-state index < -0.39 is 0 Å². The first kappa shape index (κ1) is 13.6. The van der Waals surface area contributed by atoms with Gasteiger partial charge in [-0.15, -0.1) is 0 Å². The lowest BCUT2D eigenvalue weighted by molar-refractivity contribution is 0.979. The second-order valence-corrected chi connectivity index (χ2v) is 6.11. The molecule has 4 rings (SSSR count). The Labute approximate surface area is 139 Å². The van der Waals surface area contributed by atoms with E-state index in [2.05, 4.69) is 18.2 Å². The second kappa shape index (κ2) is 5.31. The summed E-state index contributed by atoms with van der Waals surface area (Å²) in [5, 5.41) is 8.25. The van der Waals surface area contributed by atoms with Crippen molar-refractivity contribution in [1.82, 2.24) is 0 Å². The molecule has 2 aromatic carbocycles. The first-order valence-electron chi connectivity index (χ1n) is 7.01. The number of allylic oxidation sites excluding steroid dienone is 3. The second-order valence-electron chi connectivity index (χ2n) is 5.23. The lowest BCUT2D eigenvalue weighted by atomic mass is 9.97. The molecule has 0 amide bonds. The molecule has 0 N–H and O–H groups in total. The molecule has 0 saturated heterocycles. The van der Waals surface area contributed by atoms with Crippen LogP contribution in [0.1, 0.15) is 5.56 Å². The van der Waals surface area contributed by atoms with Crippen molar-refractivity contribution in [2.45, 2.75) is 0 Å². The van der Waals surface area contributed by atoms with Gasteiger partial charge in [0.25, 0.3) is 0 Å². The Balaban J connectivity index is 1.77. The van der Waals surface area contributed by atoms with Crippen LogP contribution in [0.5, 0.6) is 0 Å². The van der Waals surface area contributed by atoms with Crippen molar-refractivity contribution < 1.29 is 0 Å². The van der Waals surface area contributed by atoms with Gasteiger partial charge in [0, 0.05) is 10.0 Å². The van der Waals surface area contributed by atoms with Crippen molar-refractivity contribution >= 4 is 34.6 Å². The molecular weight excluding hydrogens is 315 g/mol. The first-order valence-corrected chi connectivity index (χ1v) is 7.76. The van der Waals surface area contributed by atoms with Crippen molar-refractivity contribution in [2.24, 2.45) is 11.0 Å². The third-order valence-corrected chi connectivity index (χ3v) is 4.35. The number of benzene rings is 2. The normalized spacial score (nSPS) is 19.2. The number of fused-ring (bicyclic) bond motifs is 1. The number of hydrogen-bond donors (Lipinski definition) is 0. The smallest absolute Gasteiger partial charge is 0.0814 e. The Morgan fingerprint density at radius 1 is 0.864 bits per heavy atom. The van der Waals surface area contributed by atoms with Crippen LogP contribution in [0.25, 0.3) is 0 Å². The molecular formula is C18H12Cl2N2. The van der Waals surface area contributed by atoms with Gasteiger partial charge in [-0.3, -0.25) is 0 Å². The molecule has 0 radical (unpaired) electrons. The Morgan fingerprint density at radius 3 is 2.18 bits per heavy atom. The van der Waals surface area contributed by atoms with Gasteiger partial charge in [-0.2, -0.15) is 5.10 Å². The number of anilines is 1. The van der Waals surface area contributed by atoms with Gasteiger partial charge in [0.2, 0.25) is 0 Å². The zero-order valence-corrected chi connectivity index (χ0v) is 13.1. The SMILES string of the molecule is Clc1ccc(C2=NN(c3ccc(Cl)cc3)C3=CC=CC32)cc1. The van der Waals surface area contributed by atoms with Crippen LogP contribution in [-0.2, 0) is 0 Å². The van der Waals surface area contributed by atoms with E-state index in [0.717, 1.165) is 32.7 Å². The minimum Gasteiger partial charge on any atom is -0.237 e. The third kappa shape index (κ3) is 2.25. The number of hydrazone groups is 1. The first-order chi connectivity index (χ1) is 10.7. The van der Waals surface area contributed by atoms with E-state index in [1.807, 2.05) is 53.5 Å². The summed E-state index contributed by atoms with van der Waals surface area (Å²) in [5.74, 6) is 0.192. The van der Waals surface area contributed by atoms with Gasteiger partial charge < -0.3 is 0 Å². The van der Waals surface area contributed by atoms with Crippen molar-refractivity contribution in [3.8, 4) is 0 Å². The van der Waals surface area contributed by atoms with Gasteiger partial charge in [-0.05, 0) is 48.0 Å². The molecule has 0 bridgehead atoms. The minimum absolute atomic E-state index is 0.192. The summed E-state index contributed by atoms with van der Waals surface area (Å²) in [4.78, 5) is 0. The summed E-state index contributed by atoms with van der Waals surface area (Å²) in [6.45, 7) is 0. The van der Waals surface area contributed by atoms with Crippen LogP contribution in [0.15, 0.2) is 77.6 Å². The molecule has 1 heterocycles. The number of rotatable bonds is 2. The van der Waals surface area contributed by atoms with Crippen LogP contribution in [0.3, 0.4) is 0 Å². The summed E-state index contributed by atoms with van der Waals surface area (Å²) >= 11 is 12.0. The quantitative estimate of drug-likeness (QED) is 0.732. The highest BCUT2D eigenvalue weighted by molar-refractivity contribution is 6.31. The molecule has 1 atom stereocenters. The summed E-state index contributed by atoms with van der Waals surface area (Å²) < 4.78 is 0. The molecule has 4 heteroatoms. The van der Waals surface area contributed by atoms with E-state index in [9.17, 15) is 0 Å². The Bertz CT molecular complexity index is 802. The molecule has 22 heavy (non-hydrogen) atoms. The summed E-state index contributed by atoms with van der Waals surface area (Å²) in [7, 11) is 0. The third-order valence-electron chi connectivity index (χ3n) is 3.85. The van der Waals surface area contributed by atoms with Crippen molar-refractivity contribution in [3.05, 3.63) is 88.1 Å². The maximum Gasteiger partial charge on any atom is 0.0814 e. The number of halogens is 2. The van der Waals surface area contributed by atoms with Crippen molar-refractivity contribution in [1.29, 1.82) is 0 Å². The lowest BCUT2D eigenvalue weighted by Gasteiger charge is -2.16. The van der Waals surface area contributed by atoms with Gasteiger partial charge in [-0.25, -0.2) is 5.01 Å². The molecule has 2 aliphatic rings. The molecule has 1 aliphatic heterocycles. The van der Waals surface area contributed by atoms with E-state index >= 15 is 0 Å². The maximum atomic E-state index is 5.98. The van der Waals surface area contributed by atoms with Gasteiger partial charge >= 0.3 is 0 Å². The van der Waals surface area contributed by atoms with Crippen LogP contribution < -0.4 is 5.01 Å². The fraction of sp³-hybridized carbons (Fsp3) is 0.0556. The largest absolute Gasteiger partial charge is 0.237 e. The van der Waals surface area contributed by atoms with E-state index in [1.54, 1.807) is 0 Å². The summed E-state index contributed by atoms with van der Waals surface area (Å²) in [6, 6.07) is 15.5. The topological polar surface area (TPSA) is 15.6 Å². The van der Waals surface area contributed by atoms with Gasteiger partial charge in [-0.1, -0.05) is 47.5 Å². The van der Waals surface area contributed by atoms with Gasteiger partial charge in [0.05, 0.1) is 23.0 Å². The van der Waals surface area contributed by atoms with Crippen LogP contribution in [0.4, 0.5) is 5.69 Å². The molecule has 1 unspecified atom stereocenters. The van der Waals surface area contributed by atoms with E-state index in [1.165, 1.54) is 0 Å². The summed E-state index contributed by atoms with van der Waals surface area (Å²) in [5.41, 5.74) is 4.29. The van der Waals surface area contributed by atoms with Crippen molar-refractivity contribution in [3.63, 3.8) is 0 Å². The van der Waals surface area contributed by atoms with Crippen LogP contribution in [0, 0.1) is 5.92 Å². The molecule has 2 nitrogen and oxygen atoms in total. The van der Waals surface area contributed by atoms with E-state index in [-0.39, 0.29) is 5.92 Å². The maximum absolute atomic E-state index is 5.98. The molecule has 108 valence electrons. The zero-order valence-electron chi connectivity index (χ0n) is 11.6. The standard InChI is InChI=1S/C18H12Cl2N2/c19-13-6-4-12(5-7-13)18-16-2-1-3-17(16)22(21-18)15-10-8-14(20)9-11-15/h1-11,16H. The molecule has 0 fully saturated rings. The fourth-order valence-corrected chi connectivity index (χ4v) is 3.03. The fourth-order valence-electron chi connectivity index (χ4n) is 2.78. The van der Waals surface area contributed by atoms with Crippen LogP contribution in [-0.4, -0.2) is 5.71 Å². The van der Waals surface area contributed by atoms with Crippen LogP contribution >= 0.6 is 23.2 Å². The molecule has 0 aromatic heterocycles. The average Bonchev–Trinajstić information content (AvgIpc) is 3.12. The van der Waals surface area contributed by atoms with Gasteiger partial charge in [0.15, 0.2) is 0 Å². The predicted octanol–water partition coefficient (Wildman–Crippen LogP) is 5.29. The predicted molar refractivity (Wildman–Crippen MR) is 92.6 cm³/mol. The highest BCUT2D eigenvalue weighted by atomic mass is 35.5. The highest BCUT2D eigenvalue weighted by Crippen LogP contribution is 2.37. The summed E-state index contributed by atoms with van der Waals surface area (Å²) in [6.07, 6.45) is 6.35. The van der Waals surface area contributed by atoms with Crippen molar-refractivity contribution in [2.75, 3.05) is 5.01 Å². The molecule has 0 spiro atoms. The Morgan fingerprint density at radius 2 is 1.50 bits per heavy atom. The highest BCUT2D eigenvalue weighted by Gasteiger charge is 2.33. The Hall–Kier alpha value is -2.03. The molecule has 1 aliphatic carbocycles. The molecule has 0 saturated carbocycles. The number of nitrogens with zero attached hydrogens (tertiary/aromatic N) is 2. The number of hydrogen-bond acceptors (Lipinski definition) is 2. The van der Waals surface area contributed by atoms with Crippen LogP contribution in [0.2, 0.25) is 10.0 Å². The van der Waals surface area contributed by atoms with E-state index in [4.69, 9.17) is 28.3 Å². The van der Waals surface area contributed by atoms with Gasteiger partial charge in [0.1, 0.15) is 0 Å². The lowest BCUT2D eigenvalue weighted by Crippen LogP contribution is -2.13. The minimum atomic E-state index is 0.192.